The Labute approximate surface area is 127 Å². The van der Waals surface area contributed by atoms with Gasteiger partial charge in [-0.05, 0) is 18.6 Å². The van der Waals surface area contributed by atoms with E-state index in [4.69, 9.17) is 17.3 Å². The maximum atomic E-state index is 12.3. The van der Waals surface area contributed by atoms with Crippen LogP contribution in [0.5, 0.6) is 0 Å². The number of hydrogen-bond acceptors (Lipinski definition) is 5. The van der Waals surface area contributed by atoms with E-state index in [9.17, 15) is 18.5 Å². The SMILES string of the molecule is Cl.NC1CCN(S(=O)(=O)c2ccc(Cl)cc2[N+](=O)[O-])C1. The Morgan fingerprint density at radius 1 is 1.45 bits per heavy atom. The molecule has 1 aliphatic rings. The van der Waals surface area contributed by atoms with E-state index >= 15 is 0 Å². The average molecular weight is 342 g/mol. The van der Waals surface area contributed by atoms with Gasteiger partial charge in [0, 0.05) is 30.2 Å². The van der Waals surface area contributed by atoms with Gasteiger partial charge < -0.3 is 5.73 Å². The van der Waals surface area contributed by atoms with Crippen LogP contribution in [0.2, 0.25) is 5.02 Å². The fraction of sp³-hybridized carbons (Fsp3) is 0.400. The molecular weight excluding hydrogens is 329 g/mol. The zero-order valence-corrected chi connectivity index (χ0v) is 12.6. The Morgan fingerprint density at radius 2 is 2.10 bits per heavy atom. The molecule has 1 aromatic carbocycles. The van der Waals surface area contributed by atoms with Gasteiger partial charge in [-0.25, -0.2) is 8.42 Å². The molecular formula is C10H13Cl2N3O4S. The van der Waals surface area contributed by atoms with Gasteiger partial charge in [0.05, 0.1) is 4.92 Å². The van der Waals surface area contributed by atoms with Crippen LogP contribution >= 0.6 is 24.0 Å². The summed E-state index contributed by atoms with van der Waals surface area (Å²) in [4.78, 5) is 9.83. The van der Waals surface area contributed by atoms with Gasteiger partial charge in [-0.15, -0.1) is 12.4 Å². The van der Waals surface area contributed by atoms with Gasteiger partial charge in [0.15, 0.2) is 4.90 Å². The van der Waals surface area contributed by atoms with Crippen molar-refractivity contribution in [1.29, 1.82) is 0 Å². The molecule has 0 aromatic heterocycles. The topological polar surface area (TPSA) is 107 Å². The molecule has 0 radical (unpaired) electrons. The van der Waals surface area contributed by atoms with Crippen molar-refractivity contribution in [3.8, 4) is 0 Å². The minimum atomic E-state index is -3.91. The van der Waals surface area contributed by atoms with Crippen LogP contribution in [0.3, 0.4) is 0 Å². The molecule has 1 aliphatic heterocycles. The first-order chi connectivity index (χ1) is 8.82. The molecule has 2 rings (SSSR count). The highest BCUT2D eigenvalue weighted by molar-refractivity contribution is 7.89. The molecule has 10 heteroatoms. The summed E-state index contributed by atoms with van der Waals surface area (Å²) in [5.41, 5.74) is 5.14. The molecule has 112 valence electrons. The van der Waals surface area contributed by atoms with Gasteiger partial charge in [-0.1, -0.05) is 11.6 Å². The number of benzene rings is 1. The maximum absolute atomic E-state index is 12.3. The number of nitrogens with zero attached hydrogens (tertiary/aromatic N) is 2. The van der Waals surface area contributed by atoms with Crippen LogP contribution in [0.25, 0.3) is 0 Å². The van der Waals surface area contributed by atoms with Gasteiger partial charge in [0.1, 0.15) is 0 Å². The lowest BCUT2D eigenvalue weighted by Gasteiger charge is -2.15. The number of hydrogen-bond donors (Lipinski definition) is 1. The fourth-order valence-corrected chi connectivity index (χ4v) is 3.78. The molecule has 0 amide bonds. The van der Waals surface area contributed by atoms with Gasteiger partial charge >= 0.3 is 0 Å². The van der Waals surface area contributed by atoms with Crippen molar-refractivity contribution in [1.82, 2.24) is 4.31 Å². The van der Waals surface area contributed by atoms with Gasteiger partial charge in [0.25, 0.3) is 5.69 Å². The van der Waals surface area contributed by atoms with Crippen LogP contribution in [-0.2, 0) is 10.0 Å². The van der Waals surface area contributed by atoms with E-state index in [2.05, 4.69) is 0 Å². The lowest BCUT2D eigenvalue weighted by atomic mass is 10.3. The Balaban J connectivity index is 0.00000200. The third-order valence-electron chi connectivity index (χ3n) is 2.92. The van der Waals surface area contributed by atoms with Crippen LogP contribution in [0.1, 0.15) is 6.42 Å². The van der Waals surface area contributed by atoms with Crippen molar-refractivity contribution >= 4 is 39.7 Å². The van der Waals surface area contributed by atoms with Crippen LogP contribution in [-0.4, -0.2) is 36.8 Å². The van der Waals surface area contributed by atoms with Crippen LogP contribution in [0.15, 0.2) is 23.1 Å². The molecule has 20 heavy (non-hydrogen) atoms. The molecule has 1 atom stereocenters. The van der Waals surface area contributed by atoms with Crippen LogP contribution in [0.4, 0.5) is 5.69 Å². The number of nitro benzene ring substituents is 1. The minimum absolute atomic E-state index is 0. The van der Waals surface area contributed by atoms with E-state index in [1.165, 1.54) is 6.07 Å². The molecule has 0 bridgehead atoms. The van der Waals surface area contributed by atoms with Crippen LogP contribution in [0, 0.1) is 10.1 Å². The summed E-state index contributed by atoms with van der Waals surface area (Å²) in [6, 6.07) is 3.27. The first kappa shape index (κ1) is 17.1. The third kappa shape index (κ3) is 3.21. The van der Waals surface area contributed by atoms with E-state index in [-0.39, 0.29) is 41.5 Å². The molecule has 0 saturated carbocycles. The van der Waals surface area contributed by atoms with Crippen molar-refractivity contribution in [3.63, 3.8) is 0 Å². The summed E-state index contributed by atoms with van der Waals surface area (Å²) in [7, 11) is -3.91. The molecule has 0 spiro atoms. The summed E-state index contributed by atoms with van der Waals surface area (Å²) >= 11 is 5.66. The molecule has 1 fully saturated rings. The van der Waals surface area contributed by atoms with E-state index in [1.54, 1.807) is 0 Å². The Bertz CT molecular complexity index is 623. The highest BCUT2D eigenvalue weighted by Gasteiger charge is 2.35. The predicted molar refractivity (Wildman–Crippen MR) is 76.7 cm³/mol. The van der Waals surface area contributed by atoms with E-state index in [0.29, 0.717) is 6.42 Å². The summed E-state index contributed by atoms with van der Waals surface area (Å²) < 4.78 is 25.8. The van der Waals surface area contributed by atoms with Gasteiger partial charge in [-0.2, -0.15) is 4.31 Å². The lowest BCUT2D eigenvalue weighted by Crippen LogP contribution is -2.32. The number of nitro groups is 1. The Kier molecular flexibility index (Phi) is 5.33. The zero-order valence-electron chi connectivity index (χ0n) is 10.2. The normalized spacial score (nSPS) is 19.6. The highest BCUT2D eigenvalue weighted by atomic mass is 35.5. The number of rotatable bonds is 3. The second-order valence-electron chi connectivity index (χ2n) is 4.28. The van der Waals surface area contributed by atoms with Crippen molar-refractivity contribution in [2.75, 3.05) is 13.1 Å². The average Bonchev–Trinajstić information content (AvgIpc) is 2.76. The van der Waals surface area contributed by atoms with Crippen molar-refractivity contribution in [2.45, 2.75) is 17.4 Å². The summed E-state index contributed by atoms with van der Waals surface area (Å²) in [5.74, 6) is 0. The Morgan fingerprint density at radius 3 is 2.60 bits per heavy atom. The standard InChI is InChI=1S/C10H12ClN3O4S.ClH/c11-7-1-2-10(9(5-7)14(15)16)19(17,18)13-4-3-8(12)6-13;/h1-2,5,8H,3-4,6,12H2;1H. The quantitative estimate of drug-likeness (QED) is 0.660. The van der Waals surface area contributed by atoms with E-state index in [1.807, 2.05) is 0 Å². The fourth-order valence-electron chi connectivity index (χ4n) is 1.96. The first-order valence-corrected chi connectivity index (χ1v) is 7.34. The molecule has 0 aliphatic carbocycles. The van der Waals surface area contributed by atoms with Crippen molar-refractivity contribution < 1.29 is 13.3 Å². The first-order valence-electron chi connectivity index (χ1n) is 5.52. The highest BCUT2D eigenvalue weighted by Crippen LogP contribution is 2.30. The smallest absolute Gasteiger partial charge is 0.290 e. The summed E-state index contributed by atoms with van der Waals surface area (Å²) in [6.07, 6.45) is 0.542. The number of sulfonamides is 1. The van der Waals surface area contributed by atoms with Gasteiger partial charge in [-0.3, -0.25) is 10.1 Å². The second kappa shape index (κ2) is 6.23. The van der Waals surface area contributed by atoms with Gasteiger partial charge in [0.2, 0.25) is 10.0 Å². The number of halogens is 2. The zero-order chi connectivity index (χ0) is 14.2. The molecule has 1 heterocycles. The largest absolute Gasteiger partial charge is 0.326 e. The number of nitrogens with two attached hydrogens (primary N) is 1. The Hall–Kier alpha value is -0.930. The molecule has 7 nitrogen and oxygen atoms in total. The third-order valence-corrected chi connectivity index (χ3v) is 5.07. The van der Waals surface area contributed by atoms with Crippen molar-refractivity contribution in [2.24, 2.45) is 5.73 Å². The lowest BCUT2D eigenvalue weighted by molar-refractivity contribution is -0.387. The van der Waals surface area contributed by atoms with E-state index < -0.39 is 20.6 Å². The monoisotopic (exact) mass is 341 g/mol. The summed E-state index contributed by atoms with van der Waals surface area (Å²) in [6.45, 7) is 0.436. The second-order valence-corrected chi connectivity index (χ2v) is 6.62. The predicted octanol–water partition coefficient (Wildman–Crippen LogP) is 1.39. The molecule has 1 unspecified atom stereocenters. The maximum Gasteiger partial charge on any atom is 0.290 e. The molecule has 1 aromatic rings. The molecule has 2 N–H and O–H groups in total. The van der Waals surface area contributed by atoms with E-state index in [0.717, 1.165) is 16.4 Å². The van der Waals surface area contributed by atoms with Crippen molar-refractivity contribution in [3.05, 3.63) is 33.3 Å². The van der Waals surface area contributed by atoms with Crippen LogP contribution < -0.4 is 5.73 Å². The molecule has 1 saturated heterocycles. The minimum Gasteiger partial charge on any atom is -0.326 e. The summed E-state index contributed by atoms with van der Waals surface area (Å²) in [5, 5.41) is 11.1.